The SMILES string of the molecule is COc1cccc(/C=N\NC(=O)Cc2ccc([N+](=O)[O-])cc2)c1. The molecule has 1 amide bonds. The van der Waals surface area contributed by atoms with Gasteiger partial charge in [-0.05, 0) is 23.3 Å². The van der Waals surface area contributed by atoms with Gasteiger partial charge in [-0.1, -0.05) is 24.3 Å². The number of nitrogens with zero attached hydrogens (tertiary/aromatic N) is 2. The summed E-state index contributed by atoms with van der Waals surface area (Å²) in [7, 11) is 1.57. The Balaban J connectivity index is 1.89. The fraction of sp³-hybridized carbons (Fsp3) is 0.125. The monoisotopic (exact) mass is 313 g/mol. The van der Waals surface area contributed by atoms with Gasteiger partial charge in [0.1, 0.15) is 5.75 Å². The topological polar surface area (TPSA) is 93.8 Å². The van der Waals surface area contributed by atoms with Crippen LogP contribution in [0.4, 0.5) is 5.69 Å². The van der Waals surface area contributed by atoms with Gasteiger partial charge in [0, 0.05) is 12.1 Å². The van der Waals surface area contributed by atoms with E-state index in [0.29, 0.717) is 11.3 Å². The van der Waals surface area contributed by atoms with E-state index in [2.05, 4.69) is 10.5 Å². The van der Waals surface area contributed by atoms with E-state index in [1.165, 1.54) is 18.3 Å². The minimum Gasteiger partial charge on any atom is -0.497 e. The summed E-state index contributed by atoms with van der Waals surface area (Å²) in [5, 5.41) is 14.4. The van der Waals surface area contributed by atoms with E-state index < -0.39 is 4.92 Å². The first kappa shape index (κ1) is 16.2. The minimum absolute atomic E-state index is 0.00907. The zero-order chi connectivity index (χ0) is 16.7. The molecular weight excluding hydrogens is 298 g/mol. The Morgan fingerprint density at radius 3 is 2.70 bits per heavy atom. The molecule has 0 aliphatic carbocycles. The molecule has 1 N–H and O–H groups in total. The third kappa shape index (κ3) is 4.92. The van der Waals surface area contributed by atoms with Gasteiger partial charge in [0.05, 0.1) is 24.7 Å². The van der Waals surface area contributed by atoms with Gasteiger partial charge in [0.2, 0.25) is 5.91 Å². The van der Waals surface area contributed by atoms with Crippen LogP contribution in [-0.4, -0.2) is 24.2 Å². The summed E-state index contributed by atoms with van der Waals surface area (Å²) in [6.45, 7) is 0. The van der Waals surface area contributed by atoms with E-state index in [1.807, 2.05) is 18.2 Å². The highest BCUT2D eigenvalue weighted by atomic mass is 16.6. The smallest absolute Gasteiger partial charge is 0.269 e. The third-order valence-corrected chi connectivity index (χ3v) is 3.01. The number of ether oxygens (including phenoxy) is 1. The molecule has 0 unspecified atom stereocenters. The highest BCUT2D eigenvalue weighted by Gasteiger charge is 2.06. The molecule has 0 aliphatic heterocycles. The van der Waals surface area contributed by atoms with Gasteiger partial charge in [-0.3, -0.25) is 14.9 Å². The molecule has 7 nitrogen and oxygen atoms in total. The summed E-state index contributed by atoms with van der Waals surface area (Å²) in [5.74, 6) is 0.393. The van der Waals surface area contributed by atoms with Crippen LogP contribution in [0.25, 0.3) is 0 Å². The molecule has 2 aromatic rings. The van der Waals surface area contributed by atoms with Crippen LogP contribution in [0.1, 0.15) is 11.1 Å². The van der Waals surface area contributed by atoms with Crippen LogP contribution in [0.3, 0.4) is 0 Å². The summed E-state index contributed by atoms with van der Waals surface area (Å²) in [5.41, 5.74) is 3.86. The molecule has 7 heteroatoms. The van der Waals surface area contributed by atoms with E-state index in [0.717, 1.165) is 5.56 Å². The second kappa shape index (κ2) is 7.69. The molecule has 0 saturated heterocycles. The quantitative estimate of drug-likeness (QED) is 0.503. The van der Waals surface area contributed by atoms with Crippen LogP contribution in [0.2, 0.25) is 0 Å². The zero-order valence-electron chi connectivity index (χ0n) is 12.4. The van der Waals surface area contributed by atoms with Crippen molar-refractivity contribution < 1.29 is 14.5 Å². The van der Waals surface area contributed by atoms with Crippen LogP contribution in [-0.2, 0) is 11.2 Å². The van der Waals surface area contributed by atoms with Crippen molar-refractivity contribution in [1.29, 1.82) is 0 Å². The second-order valence-corrected chi connectivity index (χ2v) is 4.67. The molecule has 0 radical (unpaired) electrons. The van der Waals surface area contributed by atoms with Crippen molar-refractivity contribution in [2.45, 2.75) is 6.42 Å². The lowest BCUT2D eigenvalue weighted by Crippen LogP contribution is -2.19. The van der Waals surface area contributed by atoms with Crippen LogP contribution >= 0.6 is 0 Å². The number of hydrogen-bond acceptors (Lipinski definition) is 5. The van der Waals surface area contributed by atoms with Crippen LogP contribution < -0.4 is 10.2 Å². The fourth-order valence-electron chi connectivity index (χ4n) is 1.86. The van der Waals surface area contributed by atoms with Gasteiger partial charge in [0.25, 0.3) is 5.69 Å². The Kier molecular flexibility index (Phi) is 5.40. The Hall–Kier alpha value is -3.22. The van der Waals surface area contributed by atoms with Gasteiger partial charge in [-0.25, -0.2) is 5.43 Å². The third-order valence-electron chi connectivity index (χ3n) is 3.01. The number of non-ortho nitro benzene ring substituents is 1. The van der Waals surface area contributed by atoms with Crippen LogP contribution in [0, 0.1) is 10.1 Å². The normalized spacial score (nSPS) is 10.5. The molecule has 0 aliphatic rings. The average molecular weight is 313 g/mol. The van der Waals surface area contributed by atoms with E-state index in [1.54, 1.807) is 25.3 Å². The Bertz CT molecular complexity index is 726. The van der Waals surface area contributed by atoms with Crippen molar-refractivity contribution in [2.24, 2.45) is 5.10 Å². The molecule has 0 spiro atoms. The first-order valence-electron chi connectivity index (χ1n) is 6.78. The summed E-state index contributed by atoms with van der Waals surface area (Å²) < 4.78 is 5.09. The summed E-state index contributed by atoms with van der Waals surface area (Å²) in [6, 6.07) is 13.1. The molecule has 0 aromatic heterocycles. The van der Waals surface area contributed by atoms with Crippen LogP contribution in [0.15, 0.2) is 53.6 Å². The highest BCUT2D eigenvalue weighted by molar-refractivity contribution is 5.83. The largest absolute Gasteiger partial charge is 0.497 e. The lowest BCUT2D eigenvalue weighted by atomic mass is 10.1. The first-order chi connectivity index (χ1) is 11.1. The fourth-order valence-corrected chi connectivity index (χ4v) is 1.86. The zero-order valence-corrected chi connectivity index (χ0v) is 12.4. The standard InChI is InChI=1S/C16H15N3O4/c1-23-15-4-2-3-13(9-15)11-17-18-16(20)10-12-5-7-14(8-6-12)19(21)22/h2-9,11H,10H2,1H3,(H,18,20)/b17-11-. The van der Waals surface area contributed by atoms with E-state index in [9.17, 15) is 14.9 Å². The maximum atomic E-state index is 11.8. The maximum absolute atomic E-state index is 11.8. The number of benzene rings is 2. The van der Waals surface area contributed by atoms with Crippen molar-refractivity contribution >= 4 is 17.8 Å². The number of hydrogen-bond donors (Lipinski definition) is 1. The molecular formula is C16H15N3O4. The number of carbonyl (C=O) groups excluding carboxylic acids is 1. The Morgan fingerprint density at radius 2 is 2.04 bits per heavy atom. The molecule has 0 atom stereocenters. The molecule has 2 rings (SSSR count). The molecule has 0 saturated carbocycles. The first-order valence-corrected chi connectivity index (χ1v) is 6.78. The number of rotatable bonds is 6. The van der Waals surface area contributed by atoms with E-state index >= 15 is 0 Å². The number of nitro groups is 1. The average Bonchev–Trinajstić information content (AvgIpc) is 2.55. The Morgan fingerprint density at radius 1 is 1.30 bits per heavy atom. The van der Waals surface area contributed by atoms with Crippen molar-refractivity contribution in [3.63, 3.8) is 0 Å². The number of amides is 1. The predicted molar refractivity (Wildman–Crippen MR) is 85.5 cm³/mol. The number of carbonyl (C=O) groups is 1. The van der Waals surface area contributed by atoms with Gasteiger partial charge >= 0.3 is 0 Å². The minimum atomic E-state index is -0.484. The van der Waals surface area contributed by atoms with Crippen molar-refractivity contribution in [3.05, 3.63) is 69.8 Å². The van der Waals surface area contributed by atoms with Crippen molar-refractivity contribution in [2.75, 3.05) is 7.11 Å². The molecule has 2 aromatic carbocycles. The lowest BCUT2D eigenvalue weighted by Gasteiger charge is -2.01. The summed E-state index contributed by atoms with van der Waals surface area (Å²) in [4.78, 5) is 21.8. The van der Waals surface area contributed by atoms with Gasteiger partial charge in [-0.15, -0.1) is 0 Å². The maximum Gasteiger partial charge on any atom is 0.269 e. The molecule has 0 heterocycles. The van der Waals surface area contributed by atoms with Gasteiger partial charge in [-0.2, -0.15) is 5.10 Å². The summed E-state index contributed by atoms with van der Waals surface area (Å²) in [6.07, 6.45) is 1.60. The van der Waals surface area contributed by atoms with Crippen molar-refractivity contribution in [1.82, 2.24) is 5.43 Å². The van der Waals surface area contributed by atoms with Crippen molar-refractivity contribution in [3.8, 4) is 5.75 Å². The molecule has 0 bridgehead atoms. The molecule has 118 valence electrons. The molecule has 23 heavy (non-hydrogen) atoms. The van der Waals surface area contributed by atoms with Gasteiger partial charge < -0.3 is 4.74 Å². The number of nitrogens with one attached hydrogen (secondary N) is 1. The number of hydrazone groups is 1. The highest BCUT2D eigenvalue weighted by Crippen LogP contribution is 2.12. The predicted octanol–water partition coefficient (Wildman–Crippen LogP) is 2.30. The Labute approximate surface area is 132 Å². The lowest BCUT2D eigenvalue weighted by molar-refractivity contribution is -0.384. The van der Waals surface area contributed by atoms with E-state index in [-0.39, 0.29) is 18.0 Å². The van der Waals surface area contributed by atoms with Gasteiger partial charge in [0.15, 0.2) is 0 Å². The second-order valence-electron chi connectivity index (χ2n) is 4.67. The summed E-state index contributed by atoms with van der Waals surface area (Å²) >= 11 is 0. The number of nitro benzene ring substituents is 1. The molecule has 0 fully saturated rings. The van der Waals surface area contributed by atoms with Crippen LogP contribution in [0.5, 0.6) is 5.75 Å². The van der Waals surface area contributed by atoms with E-state index in [4.69, 9.17) is 4.74 Å². The number of methoxy groups -OCH3 is 1.